The summed E-state index contributed by atoms with van der Waals surface area (Å²) in [5, 5.41) is 0. The second kappa shape index (κ2) is 8.38. The van der Waals surface area contributed by atoms with E-state index in [4.69, 9.17) is 4.74 Å². The van der Waals surface area contributed by atoms with E-state index >= 15 is 0 Å². The topological polar surface area (TPSA) is 26.3 Å². The zero-order valence-electron chi connectivity index (χ0n) is 13.4. The molecule has 0 fully saturated rings. The summed E-state index contributed by atoms with van der Waals surface area (Å²) in [6.07, 6.45) is 3.67. The van der Waals surface area contributed by atoms with Gasteiger partial charge in [-0.1, -0.05) is 67.9 Å². The predicted octanol–water partition coefficient (Wildman–Crippen LogP) is 4.88. The highest BCUT2D eigenvalue weighted by atomic mass is 16.5. The molecule has 2 aromatic carbocycles. The molecule has 0 spiro atoms. The molecule has 2 aromatic rings. The summed E-state index contributed by atoms with van der Waals surface area (Å²) in [5.74, 6) is -0.0634. The van der Waals surface area contributed by atoms with Crippen LogP contribution in [0, 0.1) is 5.92 Å². The molecule has 0 N–H and O–H groups in total. The Morgan fingerprint density at radius 3 is 2.18 bits per heavy atom. The number of aryl methyl sites for hydroxylation is 1. The van der Waals surface area contributed by atoms with Crippen LogP contribution in [0.2, 0.25) is 0 Å². The summed E-state index contributed by atoms with van der Waals surface area (Å²) >= 11 is 0. The van der Waals surface area contributed by atoms with Crippen LogP contribution < -0.4 is 0 Å². The Hall–Kier alpha value is -2.09. The number of esters is 1. The molecule has 2 nitrogen and oxygen atoms in total. The lowest BCUT2D eigenvalue weighted by atomic mass is 9.94. The van der Waals surface area contributed by atoms with Crippen molar-refractivity contribution in [3.63, 3.8) is 0 Å². The number of rotatable bonds is 7. The van der Waals surface area contributed by atoms with Crippen molar-refractivity contribution in [3.8, 4) is 11.1 Å². The first-order valence-corrected chi connectivity index (χ1v) is 7.96. The van der Waals surface area contributed by atoms with Gasteiger partial charge in [-0.2, -0.15) is 0 Å². The van der Waals surface area contributed by atoms with E-state index in [0.717, 1.165) is 25.7 Å². The summed E-state index contributed by atoms with van der Waals surface area (Å²) in [6.45, 7) is 2.10. The minimum atomic E-state index is -0.0808. The van der Waals surface area contributed by atoms with E-state index in [9.17, 15) is 4.79 Å². The van der Waals surface area contributed by atoms with Crippen LogP contribution in [0.3, 0.4) is 0 Å². The zero-order chi connectivity index (χ0) is 15.8. The van der Waals surface area contributed by atoms with E-state index in [-0.39, 0.29) is 11.9 Å². The van der Waals surface area contributed by atoms with Gasteiger partial charge in [-0.3, -0.25) is 4.79 Å². The fourth-order valence-electron chi connectivity index (χ4n) is 2.73. The first-order chi connectivity index (χ1) is 10.7. The van der Waals surface area contributed by atoms with Gasteiger partial charge in [0.2, 0.25) is 0 Å². The number of methoxy groups -OCH3 is 1. The van der Waals surface area contributed by atoms with Crippen molar-refractivity contribution in [1.82, 2.24) is 0 Å². The van der Waals surface area contributed by atoms with Crippen LogP contribution in [0.4, 0.5) is 0 Å². The zero-order valence-corrected chi connectivity index (χ0v) is 13.4. The normalized spacial score (nSPS) is 11.9. The van der Waals surface area contributed by atoms with Gasteiger partial charge in [0.05, 0.1) is 13.0 Å². The van der Waals surface area contributed by atoms with E-state index in [2.05, 4.69) is 55.5 Å². The second-order valence-corrected chi connectivity index (χ2v) is 5.61. The third-order valence-corrected chi connectivity index (χ3v) is 4.01. The summed E-state index contributed by atoms with van der Waals surface area (Å²) in [6, 6.07) is 19.0. The van der Waals surface area contributed by atoms with Crippen molar-refractivity contribution >= 4 is 5.97 Å². The third-order valence-electron chi connectivity index (χ3n) is 4.01. The average Bonchev–Trinajstić information content (AvgIpc) is 2.59. The van der Waals surface area contributed by atoms with Gasteiger partial charge in [0.1, 0.15) is 0 Å². The minimum absolute atomic E-state index is 0.0174. The lowest BCUT2D eigenvalue weighted by Crippen LogP contribution is -2.16. The maximum atomic E-state index is 11.7. The van der Waals surface area contributed by atoms with Crippen molar-refractivity contribution in [2.45, 2.75) is 32.6 Å². The smallest absolute Gasteiger partial charge is 0.308 e. The molecule has 0 radical (unpaired) electrons. The molecule has 0 bridgehead atoms. The third kappa shape index (κ3) is 4.45. The fraction of sp³-hybridized carbons (Fsp3) is 0.350. The summed E-state index contributed by atoms with van der Waals surface area (Å²) in [5.41, 5.74) is 3.72. The summed E-state index contributed by atoms with van der Waals surface area (Å²) in [4.78, 5) is 11.7. The number of carbonyl (C=O) groups excluding carboxylic acids is 1. The highest BCUT2D eigenvalue weighted by Crippen LogP contribution is 2.21. The Morgan fingerprint density at radius 2 is 1.59 bits per heavy atom. The van der Waals surface area contributed by atoms with Crippen molar-refractivity contribution < 1.29 is 9.53 Å². The van der Waals surface area contributed by atoms with Crippen molar-refractivity contribution in [3.05, 3.63) is 60.2 Å². The van der Waals surface area contributed by atoms with Gasteiger partial charge in [-0.05, 0) is 36.0 Å². The fourth-order valence-corrected chi connectivity index (χ4v) is 2.73. The van der Waals surface area contributed by atoms with Crippen LogP contribution in [-0.2, 0) is 16.0 Å². The highest BCUT2D eigenvalue weighted by molar-refractivity contribution is 5.72. The van der Waals surface area contributed by atoms with E-state index in [1.54, 1.807) is 0 Å². The highest BCUT2D eigenvalue weighted by Gasteiger charge is 2.17. The van der Waals surface area contributed by atoms with E-state index < -0.39 is 0 Å². The molecule has 0 saturated heterocycles. The van der Waals surface area contributed by atoms with E-state index in [0.29, 0.717) is 0 Å². The Kier molecular flexibility index (Phi) is 6.20. The van der Waals surface area contributed by atoms with Crippen LogP contribution in [0.25, 0.3) is 11.1 Å². The first kappa shape index (κ1) is 16.3. The quantitative estimate of drug-likeness (QED) is 0.681. The monoisotopic (exact) mass is 296 g/mol. The molecule has 0 heterocycles. The lowest BCUT2D eigenvalue weighted by Gasteiger charge is -2.13. The van der Waals surface area contributed by atoms with Gasteiger partial charge >= 0.3 is 5.97 Å². The molecule has 0 aliphatic carbocycles. The first-order valence-electron chi connectivity index (χ1n) is 7.96. The molecule has 0 aliphatic rings. The van der Waals surface area contributed by atoms with Crippen LogP contribution >= 0.6 is 0 Å². The molecule has 2 rings (SSSR count). The van der Waals surface area contributed by atoms with Gasteiger partial charge in [-0.15, -0.1) is 0 Å². The van der Waals surface area contributed by atoms with Crippen molar-refractivity contribution in [2.75, 3.05) is 7.11 Å². The molecule has 1 atom stereocenters. The molecule has 0 saturated carbocycles. The van der Waals surface area contributed by atoms with Crippen molar-refractivity contribution in [1.29, 1.82) is 0 Å². The van der Waals surface area contributed by atoms with Crippen molar-refractivity contribution in [2.24, 2.45) is 5.92 Å². The molecule has 0 amide bonds. The van der Waals surface area contributed by atoms with E-state index in [1.165, 1.54) is 23.8 Å². The van der Waals surface area contributed by atoms with Crippen LogP contribution in [0.5, 0.6) is 0 Å². The van der Waals surface area contributed by atoms with E-state index in [1.807, 2.05) is 6.07 Å². The molecule has 0 aliphatic heterocycles. The molecule has 22 heavy (non-hydrogen) atoms. The SMILES string of the molecule is CCCC(CCc1ccc(-c2ccccc2)cc1)C(=O)OC. The molecular weight excluding hydrogens is 272 g/mol. The molecule has 2 heteroatoms. The second-order valence-electron chi connectivity index (χ2n) is 5.61. The average molecular weight is 296 g/mol. The Labute approximate surface area is 133 Å². The molecule has 0 aromatic heterocycles. The standard InChI is InChI=1S/C20H24O2/c1-3-7-19(20(21)22-2)15-12-16-10-13-18(14-11-16)17-8-5-4-6-9-17/h4-6,8-11,13-14,19H,3,7,12,15H2,1-2H3. The number of hydrogen-bond donors (Lipinski definition) is 0. The van der Waals surface area contributed by atoms with Gasteiger partial charge in [0.25, 0.3) is 0 Å². The Bertz CT molecular complexity index is 572. The molecular formula is C20H24O2. The van der Waals surface area contributed by atoms with Gasteiger partial charge < -0.3 is 4.74 Å². The number of benzene rings is 2. The number of hydrogen-bond acceptors (Lipinski definition) is 2. The Balaban J connectivity index is 1.97. The van der Waals surface area contributed by atoms with Crippen LogP contribution in [0.1, 0.15) is 31.7 Å². The lowest BCUT2D eigenvalue weighted by molar-refractivity contribution is -0.145. The minimum Gasteiger partial charge on any atom is -0.469 e. The van der Waals surface area contributed by atoms with Gasteiger partial charge in [0.15, 0.2) is 0 Å². The molecule has 116 valence electrons. The van der Waals surface area contributed by atoms with Crippen LogP contribution in [-0.4, -0.2) is 13.1 Å². The molecule has 1 unspecified atom stereocenters. The maximum absolute atomic E-state index is 11.7. The Morgan fingerprint density at radius 1 is 0.955 bits per heavy atom. The van der Waals surface area contributed by atoms with Gasteiger partial charge in [0, 0.05) is 0 Å². The summed E-state index contributed by atoms with van der Waals surface area (Å²) in [7, 11) is 1.47. The maximum Gasteiger partial charge on any atom is 0.308 e. The summed E-state index contributed by atoms with van der Waals surface area (Å²) < 4.78 is 4.89. The number of ether oxygens (including phenoxy) is 1. The van der Waals surface area contributed by atoms with Crippen LogP contribution in [0.15, 0.2) is 54.6 Å². The predicted molar refractivity (Wildman–Crippen MR) is 90.6 cm³/mol. The number of carbonyl (C=O) groups is 1. The largest absolute Gasteiger partial charge is 0.469 e. The van der Waals surface area contributed by atoms with Gasteiger partial charge in [-0.25, -0.2) is 0 Å².